The van der Waals surface area contributed by atoms with Crippen molar-refractivity contribution in [2.45, 2.75) is 26.3 Å². The molecule has 0 fully saturated rings. The average Bonchev–Trinajstić information content (AvgIpc) is 2.83. The minimum atomic E-state index is -0.803. The van der Waals surface area contributed by atoms with Crippen LogP contribution in [0, 0.1) is 0 Å². The third-order valence-corrected chi connectivity index (χ3v) is 5.27. The average molecular weight is 481 g/mol. The van der Waals surface area contributed by atoms with E-state index in [-0.39, 0.29) is 30.7 Å². The molecule has 8 heteroatoms. The van der Waals surface area contributed by atoms with Crippen molar-refractivity contribution < 1.29 is 23.9 Å². The molecule has 176 valence electrons. The molecule has 0 saturated heterocycles. The Morgan fingerprint density at radius 2 is 1.56 bits per heavy atom. The Bertz CT molecular complexity index is 1150. The summed E-state index contributed by atoms with van der Waals surface area (Å²) < 4.78 is 9.72. The summed E-state index contributed by atoms with van der Waals surface area (Å²) in [5.74, 6) is -0.173. The fourth-order valence-electron chi connectivity index (χ4n) is 3.14. The highest BCUT2D eigenvalue weighted by Crippen LogP contribution is 2.19. The van der Waals surface area contributed by atoms with Gasteiger partial charge in [-0.3, -0.25) is 9.59 Å². The fourth-order valence-corrected chi connectivity index (χ4v) is 3.37. The van der Waals surface area contributed by atoms with Crippen LogP contribution in [0.3, 0.4) is 0 Å². The van der Waals surface area contributed by atoms with E-state index in [9.17, 15) is 14.4 Å². The molecule has 34 heavy (non-hydrogen) atoms. The molecule has 0 aliphatic heterocycles. The molecule has 0 radical (unpaired) electrons. The van der Waals surface area contributed by atoms with E-state index in [0.29, 0.717) is 29.1 Å². The predicted molar refractivity (Wildman–Crippen MR) is 130 cm³/mol. The van der Waals surface area contributed by atoms with Crippen molar-refractivity contribution >= 4 is 35.3 Å². The lowest BCUT2D eigenvalue weighted by Gasteiger charge is -2.12. The lowest BCUT2D eigenvalue weighted by molar-refractivity contribution is -0.121. The van der Waals surface area contributed by atoms with E-state index in [0.717, 1.165) is 11.1 Å². The summed E-state index contributed by atoms with van der Waals surface area (Å²) in [6, 6.07) is 20.8. The normalized spacial score (nSPS) is 10.3. The Kier molecular flexibility index (Phi) is 9.05. The third kappa shape index (κ3) is 7.35. The summed E-state index contributed by atoms with van der Waals surface area (Å²) in [6.07, 6.45) is 0.0423. The zero-order valence-electron chi connectivity index (χ0n) is 18.7. The first-order valence-corrected chi connectivity index (χ1v) is 11.2. The monoisotopic (exact) mass is 480 g/mol. The van der Waals surface area contributed by atoms with Gasteiger partial charge in [0.05, 0.1) is 6.61 Å². The van der Waals surface area contributed by atoms with E-state index < -0.39 is 6.16 Å². The van der Waals surface area contributed by atoms with Gasteiger partial charge in [0, 0.05) is 29.2 Å². The number of carbonyl (C=O) groups is 3. The van der Waals surface area contributed by atoms with E-state index in [2.05, 4.69) is 10.6 Å². The van der Waals surface area contributed by atoms with Gasteiger partial charge in [0.2, 0.25) is 5.91 Å². The van der Waals surface area contributed by atoms with E-state index in [1.54, 1.807) is 37.3 Å². The van der Waals surface area contributed by atoms with Crippen molar-refractivity contribution in [1.29, 1.82) is 0 Å². The molecule has 3 rings (SSSR count). The van der Waals surface area contributed by atoms with Crippen molar-refractivity contribution in [1.82, 2.24) is 5.32 Å². The molecule has 2 amide bonds. The van der Waals surface area contributed by atoms with Crippen molar-refractivity contribution in [2.24, 2.45) is 0 Å². The van der Waals surface area contributed by atoms with Gasteiger partial charge in [0.1, 0.15) is 5.75 Å². The Hall–Kier alpha value is -3.84. The molecule has 3 aromatic rings. The highest BCUT2D eigenvalue weighted by atomic mass is 35.5. The number of carbonyl (C=O) groups excluding carboxylic acids is 3. The summed E-state index contributed by atoms with van der Waals surface area (Å²) in [6.45, 7) is 2.16. The first-order valence-electron chi connectivity index (χ1n) is 10.8. The maximum absolute atomic E-state index is 12.7. The van der Waals surface area contributed by atoms with Gasteiger partial charge < -0.3 is 20.1 Å². The molecule has 0 aliphatic rings. The minimum Gasteiger partial charge on any atom is -0.434 e. The Labute approximate surface area is 203 Å². The molecule has 0 saturated carbocycles. The fraction of sp³-hybridized carbons (Fsp3) is 0.192. The number of rotatable bonds is 9. The second-order valence-electron chi connectivity index (χ2n) is 7.29. The molecule has 0 atom stereocenters. The molecule has 0 aliphatic carbocycles. The number of aryl methyl sites for hydroxylation is 1. The van der Waals surface area contributed by atoms with Crippen LogP contribution in [-0.4, -0.2) is 24.6 Å². The Balaban J connectivity index is 1.55. The largest absolute Gasteiger partial charge is 0.513 e. The minimum absolute atomic E-state index is 0.113. The number of halogens is 1. The second kappa shape index (κ2) is 12.4. The van der Waals surface area contributed by atoms with Crippen LogP contribution in [0.25, 0.3) is 0 Å². The molecule has 0 bridgehead atoms. The lowest BCUT2D eigenvalue weighted by Crippen LogP contribution is -2.24. The summed E-state index contributed by atoms with van der Waals surface area (Å²) in [5, 5.41) is 6.38. The van der Waals surface area contributed by atoms with Crippen LogP contribution >= 0.6 is 11.6 Å². The molecule has 0 aromatic heterocycles. The number of para-hydroxylation sites is 1. The zero-order chi connectivity index (χ0) is 24.3. The number of nitrogens with one attached hydrogen (secondary N) is 2. The van der Waals surface area contributed by atoms with Crippen molar-refractivity contribution in [3.8, 4) is 5.75 Å². The first kappa shape index (κ1) is 24.8. The lowest BCUT2D eigenvalue weighted by atomic mass is 10.1. The van der Waals surface area contributed by atoms with Gasteiger partial charge in [0.25, 0.3) is 5.91 Å². The van der Waals surface area contributed by atoms with Crippen LogP contribution in [0.1, 0.15) is 34.8 Å². The van der Waals surface area contributed by atoms with Crippen molar-refractivity contribution in [2.75, 3.05) is 11.9 Å². The van der Waals surface area contributed by atoms with Crippen molar-refractivity contribution in [3.05, 3.63) is 94.5 Å². The van der Waals surface area contributed by atoms with E-state index >= 15 is 0 Å². The van der Waals surface area contributed by atoms with Crippen LogP contribution in [0.5, 0.6) is 5.75 Å². The predicted octanol–water partition coefficient (Wildman–Crippen LogP) is 5.38. The molecule has 0 heterocycles. The molecule has 0 spiro atoms. The third-order valence-electron chi connectivity index (χ3n) is 4.90. The first-order chi connectivity index (χ1) is 16.5. The molecular formula is C26H25ClN2O5. The summed E-state index contributed by atoms with van der Waals surface area (Å²) in [7, 11) is 0. The quantitative estimate of drug-likeness (QED) is 0.317. The standard InChI is InChI=1S/C26H25ClN2O5/c1-2-33-26(32)34-21-14-11-19(12-15-21)25(31)29-23-10-6-4-8-20(23)17-28-24(30)16-13-18-7-3-5-9-22(18)27/h3-12,14-15H,2,13,16-17H2,1H3,(H,28,30)(H,29,31). The van der Waals surface area contributed by atoms with Crippen LogP contribution < -0.4 is 15.4 Å². The second-order valence-corrected chi connectivity index (χ2v) is 7.70. The van der Waals surface area contributed by atoms with Crippen molar-refractivity contribution in [3.63, 3.8) is 0 Å². The highest BCUT2D eigenvalue weighted by molar-refractivity contribution is 6.31. The van der Waals surface area contributed by atoms with E-state index in [1.807, 2.05) is 30.3 Å². The van der Waals surface area contributed by atoms with Gasteiger partial charge in [-0.25, -0.2) is 4.79 Å². The number of amides is 2. The summed E-state index contributed by atoms with van der Waals surface area (Å²) in [4.78, 5) is 36.4. The van der Waals surface area contributed by atoms with Gasteiger partial charge in [-0.2, -0.15) is 0 Å². The van der Waals surface area contributed by atoms with Gasteiger partial charge >= 0.3 is 6.16 Å². The SMILES string of the molecule is CCOC(=O)Oc1ccc(C(=O)Nc2ccccc2CNC(=O)CCc2ccccc2Cl)cc1. The molecule has 3 aromatic carbocycles. The maximum atomic E-state index is 12.7. The van der Waals surface area contributed by atoms with Crippen LogP contribution in [0.2, 0.25) is 5.02 Å². The molecule has 2 N–H and O–H groups in total. The number of ether oxygens (including phenoxy) is 2. The summed E-state index contributed by atoms with van der Waals surface area (Å²) in [5.41, 5.74) is 2.66. The van der Waals surface area contributed by atoms with Gasteiger partial charge in [0.15, 0.2) is 0 Å². The number of hydrogen-bond donors (Lipinski definition) is 2. The number of hydrogen-bond acceptors (Lipinski definition) is 5. The van der Waals surface area contributed by atoms with E-state index in [1.165, 1.54) is 12.1 Å². The topological polar surface area (TPSA) is 93.7 Å². The highest BCUT2D eigenvalue weighted by Gasteiger charge is 2.12. The van der Waals surface area contributed by atoms with E-state index in [4.69, 9.17) is 21.1 Å². The maximum Gasteiger partial charge on any atom is 0.513 e. The number of anilines is 1. The van der Waals surface area contributed by atoms with Crippen LogP contribution in [0.15, 0.2) is 72.8 Å². The molecule has 7 nitrogen and oxygen atoms in total. The van der Waals surface area contributed by atoms with Gasteiger partial charge in [-0.05, 0) is 60.9 Å². The van der Waals surface area contributed by atoms with Gasteiger partial charge in [-0.1, -0.05) is 48.0 Å². The van der Waals surface area contributed by atoms with Crippen LogP contribution in [-0.2, 0) is 22.5 Å². The Morgan fingerprint density at radius 1 is 0.882 bits per heavy atom. The Morgan fingerprint density at radius 3 is 2.26 bits per heavy atom. The zero-order valence-corrected chi connectivity index (χ0v) is 19.4. The molecular weight excluding hydrogens is 456 g/mol. The van der Waals surface area contributed by atoms with Crippen LogP contribution in [0.4, 0.5) is 10.5 Å². The molecule has 0 unspecified atom stereocenters. The summed E-state index contributed by atoms with van der Waals surface area (Å²) >= 11 is 6.14. The smallest absolute Gasteiger partial charge is 0.434 e. The van der Waals surface area contributed by atoms with Gasteiger partial charge in [-0.15, -0.1) is 0 Å². The number of benzene rings is 3.